The molecule has 3 rings (SSSR count). The molecule has 0 spiro atoms. The molecule has 8 nitrogen and oxygen atoms in total. The van der Waals surface area contributed by atoms with E-state index in [1.165, 1.54) is 18.2 Å². The molecule has 0 saturated carbocycles. The maximum atomic E-state index is 12.4. The summed E-state index contributed by atoms with van der Waals surface area (Å²) in [5.41, 5.74) is 0.865. The van der Waals surface area contributed by atoms with Crippen molar-refractivity contribution in [2.45, 2.75) is 10.8 Å². The van der Waals surface area contributed by atoms with Crippen molar-refractivity contribution in [2.75, 3.05) is 25.0 Å². The molecule has 0 aliphatic carbocycles. The molecule has 0 radical (unpaired) electrons. The first-order valence-corrected chi connectivity index (χ1v) is 12.4. The molecular formula is C21H19Cl2NO7S2. The minimum Gasteiger partial charge on any atom is -0.507 e. The highest BCUT2D eigenvalue weighted by molar-refractivity contribution is 7.94. The van der Waals surface area contributed by atoms with E-state index in [0.717, 1.165) is 23.0 Å². The van der Waals surface area contributed by atoms with Crippen LogP contribution in [-0.2, 0) is 26.1 Å². The van der Waals surface area contributed by atoms with Crippen LogP contribution in [0.15, 0.2) is 52.7 Å². The van der Waals surface area contributed by atoms with Crippen LogP contribution in [0, 0.1) is 0 Å². The van der Waals surface area contributed by atoms with E-state index in [-0.39, 0.29) is 38.0 Å². The van der Waals surface area contributed by atoms with E-state index in [1.54, 1.807) is 13.2 Å². The Bertz CT molecular complexity index is 1230. The van der Waals surface area contributed by atoms with Crippen molar-refractivity contribution in [2.24, 2.45) is 0 Å². The van der Waals surface area contributed by atoms with Crippen LogP contribution in [0.5, 0.6) is 11.5 Å². The third kappa shape index (κ3) is 6.75. The lowest BCUT2D eigenvalue weighted by Crippen LogP contribution is -2.14. The molecule has 1 heterocycles. The summed E-state index contributed by atoms with van der Waals surface area (Å²) >= 11 is 12.4. The number of sulfonamides is 1. The van der Waals surface area contributed by atoms with E-state index < -0.39 is 21.7 Å². The Morgan fingerprint density at radius 2 is 1.91 bits per heavy atom. The van der Waals surface area contributed by atoms with Crippen molar-refractivity contribution in [3.05, 3.63) is 69.0 Å². The normalized spacial score (nSPS) is 11.2. The first-order chi connectivity index (χ1) is 15.7. The number of carbonyl (C=O) groups is 1. The van der Waals surface area contributed by atoms with E-state index in [4.69, 9.17) is 37.4 Å². The fraction of sp³-hybridized carbons (Fsp3) is 0.190. The molecule has 33 heavy (non-hydrogen) atoms. The lowest BCUT2D eigenvalue weighted by molar-refractivity contribution is 0.0447. The van der Waals surface area contributed by atoms with Gasteiger partial charge in [-0.3, -0.25) is 4.72 Å². The third-order valence-corrected chi connectivity index (χ3v) is 7.87. The molecule has 0 saturated heterocycles. The van der Waals surface area contributed by atoms with Gasteiger partial charge in [0.1, 0.15) is 38.8 Å². The molecule has 0 aliphatic heterocycles. The second-order valence-electron chi connectivity index (χ2n) is 6.59. The average molecular weight is 532 g/mol. The fourth-order valence-corrected chi connectivity index (χ4v) is 5.63. The number of phenols is 1. The van der Waals surface area contributed by atoms with Gasteiger partial charge in [-0.1, -0.05) is 35.3 Å². The number of ether oxygens (including phenoxy) is 3. The van der Waals surface area contributed by atoms with Crippen LogP contribution in [0.4, 0.5) is 5.69 Å². The van der Waals surface area contributed by atoms with Gasteiger partial charge in [0.05, 0.1) is 17.3 Å². The van der Waals surface area contributed by atoms with Crippen molar-refractivity contribution < 1.29 is 32.5 Å². The Labute approximate surface area is 204 Å². The Hall–Kier alpha value is -2.50. The van der Waals surface area contributed by atoms with Crippen LogP contribution in [0.3, 0.4) is 0 Å². The summed E-state index contributed by atoms with van der Waals surface area (Å²) < 4.78 is 42.9. The minimum atomic E-state index is -3.97. The topological polar surface area (TPSA) is 111 Å². The quantitative estimate of drug-likeness (QED) is 0.281. The Morgan fingerprint density at radius 1 is 1.12 bits per heavy atom. The summed E-state index contributed by atoms with van der Waals surface area (Å²) in [5.74, 6) is -0.625. The summed E-state index contributed by atoms with van der Waals surface area (Å²) in [7, 11) is -2.37. The molecule has 0 aliphatic rings. The fourth-order valence-electron chi connectivity index (χ4n) is 2.70. The lowest BCUT2D eigenvalue weighted by Gasteiger charge is -2.11. The number of nitrogens with one attached hydrogen (secondary N) is 1. The number of rotatable bonds is 10. The van der Waals surface area contributed by atoms with Crippen LogP contribution in [0.2, 0.25) is 9.36 Å². The van der Waals surface area contributed by atoms with Crippen LogP contribution in [0.25, 0.3) is 0 Å². The van der Waals surface area contributed by atoms with Gasteiger partial charge in [-0.2, -0.15) is 0 Å². The molecule has 0 fully saturated rings. The molecule has 12 heteroatoms. The van der Waals surface area contributed by atoms with E-state index in [9.17, 15) is 18.3 Å². The predicted octanol–water partition coefficient (Wildman–Crippen LogP) is 4.94. The SMILES string of the molecule is COCc1cccc(OCCOC(=O)c2ccc(NS(=O)(=O)c3cc(Cl)c(Cl)s3)cc2O)c1. The van der Waals surface area contributed by atoms with Crippen molar-refractivity contribution in [3.8, 4) is 11.5 Å². The first kappa shape index (κ1) is 25.1. The van der Waals surface area contributed by atoms with Gasteiger partial charge in [0.15, 0.2) is 0 Å². The molecule has 0 amide bonds. The number of carbonyl (C=O) groups excluding carboxylic acids is 1. The number of aromatic hydroxyl groups is 1. The summed E-state index contributed by atoms with van der Waals surface area (Å²) in [6.07, 6.45) is 0. The van der Waals surface area contributed by atoms with Gasteiger partial charge in [-0.05, 0) is 35.9 Å². The molecule has 3 aromatic rings. The van der Waals surface area contributed by atoms with Gasteiger partial charge in [-0.15, -0.1) is 11.3 Å². The number of hydrogen-bond acceptors (Lipinski definition) is 8. The van der Waals surface area contributed by atoms with Crippen molar-refractivity contribution >= 4 is 56.2 Å². The minimum absolute atomic E-state index is 0.0453. The summed E-state index contributed by atoms with van der Waals surface area (Å²) in [6.45, 7) is 0.500. The average Bonchev–Trinajstić information content (AvgIpc) is 3.11. The number of benzene rings is 2. The number of thiophene rings is 1. The smallest absolute Gasteiger partial charge is 0.342 e. The summed E-state index contributed by atoms with van der Waals surface area (Å²) in [6, 6.07) is 12.2. The number of methoxy groups -OCH3 is 1. The van der Waals surface area contributed by atoms with E-state index >= 15 is 0 Å². The number of esters is 1. The van der Waals surface area contributed by atoms with Crippen molar-refractivity contribution in [1.29, 1.82) is 0 Å². The first-order valence-electron chi connectivity index (χ1n) is 9.38. The monoisotopic (exact) mass is 531 g/mol. The molecular weight excluding hydrogens is 513 g/mol. The highest BCUT2D eigenvalue weighted by Gasteiger charge is 2.21. The number of phenolic OH excluding ortho intramolecular Hbond substituents is 1. The standard InChI is InChI=1S/C21H19Cl2NO7S2/c1-29-12-13-3-2-4-15(9-13)30-7-8-31-21(26)16-6-5-14(10-18(16)25)24-33(27,28)19-11-17(22)20(23)32-19/h2-6,9-11,24-25H,7-8,12H2,1H3. The number of halogens is 2. The lowest BCUT2D eigenvalue weighted by atomic mass is 10.2. The van der Waals surface area contributed by atoms with Gasteiger partial charge in [0.25, 0.3) is 10.0 Å². The van der Waals surface area contributed by atoms with Crippen LogP contribution in [0.1, 0.15) is 15.9 Å². The molecule has 0 atom stereocenters. The molecule has 176 valence electrons. The maximum Gasteiger partial charge on any atom is 0.342 e. The second-order valence-corrected chi connectivity index (χ2v) is 10.6. The maximum absolute atomic E-state index is 12.4. The van der Waals surface area contributed by atoms with Crippen molar-refractivity contribution in [1.82, 2.24) is 0 Å². The zero-order valence-corrected chi connectivity index (χ0v) is 20.4. The van der Waals surface area contributed by atoms with E-state index in [1.807, 2.05) is 18.2 Å². The van der Waals surface area contributed by atoms with Gasteiger partial charge >= 0.3 is 5.97 Å². The Morgan fingerprint density at radius 3 is 2.58 bits per heavy atom. The van der Waals surface area contributed by atoms with Crippen LogP contribution in [-0.4, -0.2) is 39.8 Å². The summed E-state index contributed by atoms with van der Waals surface area (Å²) in [4.78, 5) is 12.3. The van der Waals surface area contributed by atoms with Crippen LogP contribution >= 0.6 is 34.5 Å². The van der Waals surface area contributed by atoms with E-state index in [0.29, 0.717) is 12.4 Å². The highest BCUT2D eigenvalue weighted by atomic mass is 35.5. The third-order valence-electron chi connectivity index (χ3n) is 4.15. The van der Waals surface area contributed by atoms with Crippen molar-refractivity contribution in [3.63, 3.8) is 0 Å². The second kappa shape index (κ2) is 11.1. The Kier molecular flexibility index (Phi) is 8.44. The van der Waals surface area contributed by atoms with Crippen LogP contribution < -0.4 is 9.46 Å². The zero-order chi connectivity index (χ0) is 24.0. The number of anilines is 1. The molecule has 0 bridgehead atoms. The molecule has 1 aromatic heterocycles. The van der Waals surface area contributed by atoms with E-state index in [2.05, 4.69) is 4.72 Å². The zero-order valence-electron chi connectivity index (χ0n) is 17.2. The van der Waals surface area contributed by atoms with Gasteiger partial charge in [0, 0.05) is 13.2 Å². The largest absolute Gasteiger partial charge is 0.507 e. The molecule has 2 N–H and O–H groups in total. The number of hydrogen-bond donors (Lipinski definition) is 2. The van der Waals surface area contributed by atoms with Gasteiger partial charge < -0.3 is 19.3 Å². The summed E-state index contributed by atoms with van der Waals surface area (Å²) in [5, 5.41) is 10.3. The highest BCUT2D eigenvalue weighted by Crippen LogP contribution is 2.35. The Balaban J connectivity index is 1.56. The van der Waals surface area contributed by atoms with Gasteiger partial charge in [0.2, 0.25) is 0 Å². The predicted molar refractivity (Wildman–Crippen MR) is 126 cm³/mol. The van der Waals surface area contributed by atoms with Gasteiger partial charge in [-0.25, -0.2) is 13.2 Å². The molecule has 2 aromatic carbocycles. The molecule has 0 unspecified atom stereocenters.